The summed E-state index contributed by atoms with van der Waals surface area (Å²) in [6.07, 6.45) is -4.78. The normalized spacial score (nSPS) is 12.1. The minimum atomic E-state index is -4.78. The highest BCUT2D eigenvalue weighted by Gasteiger charge is 2.34. The molecule has 23 heavy (non-hydrogen) atoms. The molecule has 0 spiro atoms. The molecule has 0 radical (unpaired) electrons. The van der Waals surface area contributed by atoms with Crippen molar-refractivity contribution in [2.75, 3.05) is 0 Å². The number of nitrogens with one attached hydrogen (secondary N) is 1. The molecule has 2 heterocycles. The van der Waals surface area contributed by atoms with Gasteiger partial charge in [0.05, 0.1) is 10.9 Å². The van der Waals surface area contributed by atoms with Crippen LogP contribution in [0.25, 0.3) is 20.7 Å². The summed E-state index contributed by atoms with van der Waals surface area (Å²) in [4.78, 5) is 19.7. The second-order valence-corrected chi connectivity index (χ2v) is 6.08. The van der Waals surface area contributed by atoms with Crippen molar-refractivity contribution in [2.24, 2.45) is 0 Å². The maximum atomic E-state index is 13.4. The lowest BCUT2D eigenvalue weighted by atomic mass is 10.1. The third-order valence-corrected chi connectivity index (χ3v) is 4.69. The lowest BCUT2D eigenvalue weighted by Crippen LogP contribution is -2.09. The van der Waals surface area contributed by atoms with Gasteiger partial charge in [-0.2, -0.15) is 13.2 Å². The smallest absolute Gasteiger partial charge is 0.310 e. The van der Waals surface area contributed by atoms with E-state index in [4.69, 9.17) is 0 Å². The van der Waals surface area contributed by atoms with Gasteiger partial charge in [0.15, 0.2) is 0 Å². The first-order chi connectivity index (χ1) is 10.7. The molecule has 2 aromatic heterocycles. The fraction of sp³-hybridized carbons (Fsp3) is 0.200. The lowest BCUT2D eigenvalue weighted by molar-refractivity contribution is -0.139. The third kappa shape index (κ3) is 2.63. The number of H-pyrrole nitrogens is 1. The summed E-state index contributed by atoms with van der Waals surface area (Å²) in [6, 6.07) is 2.81. The quantitative estimate of drug-likeness (QED) is 0.665. The van der Waals surface area contributed by atoms with Crippen LogP contribution in [-0.4, -0.2) is 9.97 Å². The van der Waals surface area contributed by atoms with Crippen LogP contribution in [-0.2, 0) is 6.18 Å². The van der Waals surface area contributed by atoms with Crippen LogP contribution < -0.4 is 5.56 Å². The van der Waals surface area contributed by atoms with Gasteiger partial charge in [-0.15, -0.1) is 11.3 Å². The number of aryl methyl sites for hydroxylation is 2. The SMILES string of the molecule is Cc1nc2sc(-c3ccc(F)c(C(F)(F)F)c3)c(C)c2c(=O)[nH]1. The second-order valence-electron chi connectivity index (χ2n) is 5.08. The largest absolute Gasteiger partial charge is 0.419 e. The molecule has 0 amide bonds. The van der Waals surface area contributed by atoms with E-state index >= 15 is 0 Å². The van der Waals surface area contributed by atoms with Gasteiger partial charge >= 0.3 is 6.18 Å². The van der Waals surface area contributed by atoms with E-state index in [1.165, 1.54) is 6.07 Å². The summed E-state index contributed by atoms with van der Waals surface area (Å²) in [7, 11) is 0. The highest BCUT2D eigenvalue weighted by molar-refractivity contribution is 7.22. The molecule has 120 valence electrons. The Morgan fingerprint density at radius 3 is 2.57 bits per heavy atom. The molecule has 0 aliphatic rings. The number of thiophene rings is 1. The zero-order valence-corrected chi connectivity index (χ0v) is 12.8. The van der Waals surface area contributed by atoms with Crippen LogP contribution in [0.1, 0.15) is 17.0 Å². The minimum absolute atomic E-state index is 0.205. The van der Waals surface area contributed by atoms with Crippen LogP contribution in [0.5, 0.6) is 0 Å². The van der Waals surface area contributed by atoms with E-state index in [9.17, 15) is 22.4 Å². The first kappa shape index (κ1) is 15.7. The molecule has 3 rings (SSSR count). The number of hydrogen-bond acceptors (Lipinski definition) is 3. The summed E-state index contributed by atoms with van der Waals surface area (Å²) < 4.78 is 52.0. The Bertz CT molecular complexity index is 972. The van der Waals surface area contributed by atoms with Gasteiger partial charge in [-0.1, -0.05) is 6.07 Å². The second kappa shape index (κ2) is 5.16. The van der Waals surface area contributed by atoms with Gasteiger partial charge in [0.25, 0.3) is 5.56 Å². The van der Waals surface area contributed by atoms with E-state index < -0.39 is 17.6 Å². The van der Waals surface area contributed by atoms with Crippen molar-refractivity contribution in [3.8, 4) is 10.4 Å². The number of fused-ring (bicyclic) bond motifs is 1. The first-order valence-corrected chi connectivity index (χ1v) is 7.37. The standard InChI is InChI=1S/C15H10F4N2OS/c1-6-11-13(22)20-7(2)21-14(11)23-12(6)8-3-4-10(16)9(5-8)15(17,18)19/h3-5H,1-2H3,(H,20,21,22). The molecule has 0 saturated carbocycles. The van der Waals surface area contributed by atoms with Crippen LogP contribution in [0.3, 0.4) is 0 Å². The maximum absolute atomic E-state index is 13.4. The van der Waals surface area contributed by atoms with Crippen molar-refractivity contribution in [3.63, 3.8) is 0 Å². The monoisotopic (exact) mass is 342 g/mol. The van der Waals surface area contributed by atoms with E-state index in [1.807, 2.05) is 0 Å². The first-order valence-electron chi connectivity index (χ1n) is 6.55. The van der Waals surface area contributed by atoms with Gasteiger partial charge in [-0.25, -0.2) is 9.37 Å². The number of aromatic nitrogens is 2. The molecule has 0 unspecified atom stereocenters. The predicted molar refractivity (Wildman–Crippen MR) is 80.1 cm³/mol. The Morgan fingerprint density at radius 2 is 1.91 bits per heavy atom. The molecular weight excluding hydrogens is 332 g/mol. The molecule has 1 N–H and O–H groups in total. The van der Waals surface area contributed by atoms with Gasteiger partial charge in [-0.05, 0) is 37.1 Å². The lowest BCUT2D eigenvalue weighted by Gasteiger charge is -2.09. The number of nitrogens with zero attached hydrogens (tertiary/aromatic N) is 1. The van der Waals surface area contributed by atoms with E-state index in [0.717, 1.165) is 23.5 Å². The van der Waals surface area contributed by atoms with Gasteiger partial charge in [0.2, 0.25) is 0 Å². The maximum Gasteiger partial charge on any atom is 0.419 e. The molecule has 0 aliphatic carbocycles. The summed E-state index contributed by atoms with van der Waals surface area (Å²) in [6.45, 7) is 3.26. The number of benzene rings is 1. The third-order valence-electron chi connectivity index (χ3n) is 3.45. The van der Waals surface area contributed by atoms with Crippen molar-refractivity contribution < 1.29 is 17.6 Å². The molecule has 0 atom stereocenters. The minimum Gasteiger partial charge on any atom is -0.310 e. The van der Waals surface area contributed by atoms with E-state index in [2.05, 4.69) is 9.97 Å². The zero-order chi connectivity index (χ0) is 16.9. The van der Waals surface area contributed by atoms with E-state index in [0.29, 0.717) is 26.5 Å². The molecule has 0 fully saturated rings. The Balaban J connectivity index is 2.28. The summed E-state index contributed by atoms with van der Waals surface area (Å²) in [5, 5.41) is 0.341. The highest BCUT2D eigenvalue weighted by Crippen LogP contribution is 2.39. The Hall–Kier alpha value is -2.22. The zero-order valence-electron chi connectivity index (χ0n) is 12.0. The molecule has 0 saturated heterocycles. The van der Waals surface area contributed by atoms with Crippen molar-refractivity contribution in [2.45, 2.75) is 20.0 Å². The summed E-state index contributed by atoms with van der Waals surface area (Å²) in [5.74, 6) is -0.905. The predicted octanol–water partition coefficient (Wildman–Crippen LogP) is 4.43. The summed E-state index contributed by atoms with van der Waals surface area (Å²) >= 11 is 1.11. The van der Waals surface area contributed by atoms with E-state index in [1.54, 1.807) is 13.8 Å². The Labute approximate surface area is 131 Å². The van der Waals surface area contributed by atoms with Crippen LogP contribution >= 0.6 is 11.3 Å². The molecule has 0 bridgehead atoms. The number of halogens is 4. The summed E-state index contributed by atoms with van der Waals surface area (Å²) in [5.41, 5.74) is -0.940. The van der Waals surface area contributed by atoms with Gasteiger partial charge in [0.1, 0.15) is 16.5 Å². The van der Waals surface area contributed by atoms with Crippen LogP contribution in [0, 0.1) is 19.7 Å². The Morgan fingerprint density at radius 1 is 1.22 bits per heavy atom. The van der Waals surface area contributed by atoms with Crippen LogP contribution in [0.2, 0.25) is 0 Å². The van der Waals surface area contributed by atoms with Crippen molar-refractivity contribution in [1.82, 2.24) is 9.97 Å². The number of rotatable bonds is 1. The van der Waals surface area contributed by atoms with Crippen molar-refractivity contribution in [1.29, 1.82) is 0 Å². The highest BCUT2D eigenvalue weighted by atomic mass is 32.1. The fourth-order valence-electron chi connectivity index (χ4n) is 2.41. The van der Waals surface area contributed by atoms with Gasteiger partial charge in [0, 0.05) is 4.88 Å². The molecule has 1 aromatic carbocycles. The molecule has 3 nitrogen and oxygen atoms in total. The number of alkyl halides is 3. The van der Waals surface area contributed by atoms with Crippen LogP contribution in [0.4, 0.5) is 17.6 Å². The molecule has 3 aromatic rings. The number of hydrogen-bond donors (Lipinski definition) is 1. The number of aromatic amines is 1. The Kier molecular flexibility index (Phi) is 3.51. The molecule has 0 aliphatic heterocycles. The molecular formula is C15H10F4N2OS. The van der Waals surface area contributed by atoms with Gasteiger partial charge < -0.3 is 4.98 Å². The topological polar surface area (TPSA) is 45.8 Å². The van der Waals surface area contributed by atoms with Crippen LogP contribution in [0.15, 0.2) is 23.0 Å². The average Bonchev–Trinajstić information content (AvgIpc) is 2.75. The van der Waals surface area contributed by atoms with Gasteiger partial charge in [-0.3, -0.25) is 4.79 Å². The van der Waals surface area contributed by atoms with Crippen molar-refractivity contribution in [3.05, 3.63) is 51.3 Å². The fourth-order valence-corrected chi connectivity index (χ4v) is 3.63. The van der Waals surface area contributed by atoms with E-state index in [-0.39, 0.29) is 11.1 Å². The molecule has 8 heteroatoms. The van der Waals surface area contributed by atoms with Crippen molar-refractivity contribution >= 4 is 21.6 Å². The average molecular weight is 342 g/mol.